The molecule has 186 valence electrons. The average molecular weight is 544 g/mol. The molecule has 7 N–H and O–H groups in total. The second kappa shape index (κ2) is 10.7. The first-order valence-corrected chi connectivity index (χ1v) is 13.6. The number of nitrogens with zero attached hydrogens (tertiary/aromatic N) is 2. The van der Waals surface area contributed by atoms with Crippen LogP contribution < -0.4 is 11.4 Å². The van der Waals surface area contributed by atoms with E-state index in [9.17, 15) is 28.5 Å². The zero-order valence-electron chi connectivity index (χ0n) is 17.1. The van der Waals surface area contributed by atoms with Crippen LogP contribution in [0.3, 0.4) is 0 Å². The van der Waals surface area contributed by atoms with Crippen LogP contribution in [0, 0.1) is 12.8 Å². The fraction of sp³-hybridized carbons (Fsp3) is 0.692. The van der Waals surface area contributed by atoms with Crippen molar-refractivity contribution in [3.8, 4) is 0 Å². The van der Waals surface area contributed by atoms with E-state index in [1.54, 1.807) is 6.92 Å². The van der Waals surface area contributed by atoms with Gasteiger partial charge in [0.15, 0.2) is 0 Å². The third-order valence-corrected chi connectivity index (χ3v) is 8.17. The fourth-order valence-electron chi connectivity index (χ4n) is 2.52. The number of phosphoric acid groups is 3. The van der Waals surface area contributed by atoms with Crippen LogP contribution in [0.25, 0.3) is 0 Å². The molecule has 19 heteroatoms. The van der Waals surface area contributed by atoms with E-state index in [1.807, 2.05) is 0 Å². The number of phosphoric ester groups is 1. The largest absolute Gasteiger partial charge is 0.490 e. The highest BCUT2D eigenvalue weighted by Crippen LogP contribution is 2.66. The number of aryl methyl sites for hydroxylation is 1. The maximum absolute atomic E-state index is 11.9. The van der Waals surface area contributed by atoms with Gasteiger partial charge in [-0.05, 0) is 26.2 Å². The Labute approximate surface area is 187 Å². The van der Waals surface area contributed by atoms with E-state index in [2.05, 4.69) is 18.1 Å². The first-order chi connectivity index (χ1) is 14.2. The van der Waals surface area contributed by atoms with E-state index in [-0.39, 0.29) is 18.8 Å². The van der Waals surface area contributed by atoms with E-state index in [1.165, 1.54) is 20.0 Å². The highest BCUT2D eigenvalue weighted by Gasteiger charge is 2.41. The summed E-state index contributed by atoms with van der Waals surface area (Å²) in [6.45, 7) is 3.77. The summed E-state index contributed by atoms with van der Waals surface area (Å²) in [5.41, 5.74) is 5.37. The summed E-state index contributed by atoms with van der Waals surface area (Å²) >= 11 is 6.36. The zero-order valence-corrected chi connectivity index (χ0v) is 20.6. The molecule has 0 spiro atoms. The molecule has 1 aromatic rings. The molecule has 0 aliphatic carbocycles. The molecule has 32 heavy (non-hydrogen) atoms. The first-order valence-electron chi connectivity index (χ1n) is 8.72. The zero-order chi connectivity index (χ0) is 25.1. The highest BCUT2D eigenvalue weighted by atomic mass is 35.5. The third kappa shape index (κ3) is 10.1. The number of nitrogen functional groups attached to an aromatic ring is 1. The summed E-state index contributed by atoms with van der Waals surface area (Å²) in [5.74, 6) is -0.588. The van der Waals surface area contributed by atoms with Gasteiger partial charge in [0.05, 0.1) is 24.1 Å². The highest BCUT2D eigenvalue weighted by molar-refractivity contribution is 7.66. The SMILES string of the molecule is Cc1cn(C[C@H](O)C(C)(Cl)C[C@H](C)COP(=O)(O)OP(=O)(O)OP(=O)(O)O)c(=O)nc1N. The van der Waals surface area contributed by atoms with Crippen molar-refractivity contribution < 1.29 is 51.5 Å². The lowest BCUT2D eigenvalue weighted by Gasteiger charge is -2.31. The number of hydrogen-bond donors (Lipinski definition) is 6. The Morgan fingerprint density at radius 3 is 2.31 bits per heavy atom. The third-order valence-electron chi connectivity index (χ3n) is 3.97. The van der Waals surface area contributed by atoms with Gasteiger partial charge in [0.25, 0.3) is 0 Å². The molecule has 0 bridgehead atoms. The topological polar surface area (TPSA) is 241 Å². The lowest BCUT2D eigenvalue weighted by molar-refractivity contribution is 0.0903. The van der Waals surface area contributed by atoms with Crippen LogP contribution in [-0.4, -0.2) is 51.8 Å². The molecular weight excluding hydrogens is 519 g/mol. The second-order valence-electron chi connectivity index (χ2n) is 7.23. The molecular formula is C13H25ClN3O12P3. The minimum absolute atomic E-state index is 0.0262. The molecule has 1 heterocycles. The number of aliphatic hydroxyl groups excluding tert-OH is 1. The normalized spacial score (nSPS) is 20.0. The van der Waals surface area contributed by atoms with Gasteiger partial charge in [0, 0.05) is 11.8 Å². The van der Waals surface area contributed by atoms with Gasteiger partial charge in [0.2, 0.25) is 0 Å². The van der Waals surface area contributed by atoms with Gasteiger partial charge in [-0.1, -0.05) is 6.92 Å². The Kier molecular flexibility index (Phi) is 9.85. The van der Waals surface area contributed by atoms with E-state index < -0.39 is 52.7 Å². The van der Waals surface area contributed by atoms with Crippen molar-refractivity contribution in [2.75, 3.05) is 12.3 Å². The Hall–Kier alpha value is -0.660. The van der Waals surface area contributed by atoms with Crippen molar-refractivity contribution in [1.82, 2.24) is 9.55 Å². The number of alkyl halides is 1. The maximum Gasteiger partial charge on any atom is 0.490 e. The van der Waals surface area contributed by atoms with Gasteiger partial charge in [0.1, 0.15) is 5.82 Å². The summed E-state index contributed by atoms with van der Waals surface area (Å²) in [4.78, 5) is 49.8. The first kappa shape index (κ1) is 29.4. The number of rotatable bonds is 12. The summed E-state index contributed by atoms with van der Waals surface area (Å²) < 4.78 is 46.6. The van der Waals surface area contributed by atoms with Gasteiger partial charge < -0.3 is 30.4 Å². The summed E-state index contributed by atoms with van der Waals surface area (Å²) in [7, 11) is -16.4. The predicted octanol–water partition coefficient (Wildman–Crippen LogP) is 0.862. The molecule has 0 fully saturated rings. The molecule has 0 amide bonds. The summed E-state index contributed by atoms with van der Waals surface area (Å²) in [6.07, 6.45) is 0.0991. The van der Waals surface area contributed by atoms with Crippen molar-refractivity contribution in [3.05, 3.63) is 22.2 Å². The van der Waals surface area contributed by atoms with Crippen molar-refractivity contribution in [2.24, 2.45) is 5.92 Å². The predicted molar refractivity (Wildman–Crippen MR) is 112 cm³/mol. The molecule has 0 saturated carbocycles. The average Bonchev–Trinajstić information content (AvgIpc) is 2.54. The van der Waals surface area contributed by atoms with Crippen LogP contribution >= 0.6 is 35.1 Å². The Morgan fingerprint density at radius 2 is 1.78 bits per heavy atom. The maximum atomic E-state index is 11.9. The number of aromatic nitrogens is 2. The smallest absolute Gasteiger partial charge is 0.389 e. The molecule has 0 radical (unpaired) electrons. The van der Waals surface area contributed by atoms with Crippen LogP contribution in [-0.2, 0) is 33.4 Å². The van der Waals surface area contributed by atoms with E-state index in [0.29, 0.717) is 5.56 Å². The number of aliphatic hydroxyl groups is 1. The number of halogens is 1. The van der Waals surface area contributed by atoms with Crippen molar-refractivity contribution in [3.63, 3.8) is 0 Å². The molecule has 0 aromatic carbocycles. The summed E-state index contributed by atoms with van der Waals surface area (Å²) in [6, 6.07) is 0. The minimum atomic E-state index is -5.62. The van der Waals surface area contributed by atoms with Crippen LogP contribution in [0.4, 0.5) is 5.82 Å². The molecule has 0 aliphatic heterocycles. The summed E-state index contributed by atoms with van der Waals surface area (Å²) in [5, 5.41) is 10.5. The van der Waals surface area contributed by atoms with Gasteiger partial charge in [-0.3, -0.25) is 9.09 Å². The molecule has 0 aliphatic rings. The lowest BCUT2D eigenvalue weighted by atomic mass is 9.92. The van der Waals surface area contributed by atoms with Crippen molar-refractivity contribution >= 4 is 40.9 Å². The van der Waals surface area contributed by atoms with Crippen LogP contribution in [0.5, 0.6) is 0 Å². The van der Waals surface area contributed by atoms with Crippen molar-refractivity contribution in [2.45, 2.75) is 44.7 Å². The lowest BCUT2D eigenvalue weighted by Crippen LogP contribution is -2.41. The van der Waals surface area contributed by atoms with Crippen LogP contribution in [0.1, 0.15) is 25.8 Å². The standard InChI is InChI=1S/C13H25ClN3O12P3/c1-8(7-27-31(23,24)29-32(25,26)28-30(20,21)22)4-13(3,14)10(18)6-17-5-9(2)11(15)16-12(17)19/h5,8,10,18H,4,6-7H2,1-3H3,(H,23,24)(H,25,26)(H2,15,16,19)(H2,20,21,22)/t8-,10-,13?/m0/s1. The van der Waals surface area contributed by atoms with Gasteiger partial charge in [-0.2, -0.15) is 13.6 Å². The number of hydrogen-bond acceptors (Lipinski definition) is 10. The Morgan fingerprint density at radius 1 is 1.22 bits per heavy atom. The fourth-order valence-corrected chi connectivity index (χ4v) is 5.99. The monoisotopic (exact) mass is 543 g/mol. The molecule has 15 nitrogen and oxygen atoms in total. The van der Waals surface area contributed by atoms with Gasteiger partial charge >= 0.3 is 29.2 Å². The van der Waals surface area contributed by atoms with E-state index in [4.69, 9.17) is 32.0 Å². The molecule has 3 unspecified atom stereocenters. The van der Waals surface area contributed by atoms with Crippen LogP contribution in [0.15, 0.2) is 11.0 Å². The van der Waals surface area contributed by atoms with Gasteiger partial charge in [-0.25, -0.2) is 18.5 Å². The van der Waals surface area contributed by atoms with Gasteiger partial charge in [-0.15, -0.1) is 11.6 Å². The van der Waals surface area contributed by atoms with Crippen molar-refractivity contribution in [1.29, 1.82) is 0 Å². The van der Waals surface area contributed by atoms with E-state index >= 15 is 0 Å². The molecule has 1 rings (SSSR count). The quantitative estimate of drug-likeness (QED) is 0.158. The molecule has 0 saturated heterocycles. The Bertz CT molecular complexity index is 1010. The molecule has 1 aromatic heterocycles. The molecule has 5 atom stereocenters. The number of anilines is 1. The van der Waals surface area contributed by atoms with E-state index in [0.717, 1.165) is 4.57 Å². The van der Waals surface area contributed by atoms with Crippen LogP contribution in [0.2, 0.25) is 0 Å². The second-order valence-corrected chi connectivity index (χ2v) is 12.5. The minimum Gasteiger partial charge on any atom is -0.389 e. The number of nitrogens with two attached hydrogens (primary N) is 1. The Balaban J connectivity index is 2.72.